The van der Waals surface area contributed by atoms with Gasteiger partial charge in [0.1, 0.15) is 18.0 Å². The maximum atomic E-state index is 12.9. The lowest BCUT2D eigenvalue weighted by Crippen LogP contribution is -2.42. The van der Waals surface area contributed by atoms with Crippen LogP contribution in [0.1, 0.15) is 92.9 Å². The molecule has 0 saturated heterocycles. The third kappa shape index (κ3) is 13.7. The molecule has 260 valence electrons. The monoisotopic (exact) mass is 652 g/mol. The number of aliphatic hydroxyl groups is 3. The maximum Gasteiger partial charge on any atom is 0.345 e. The van der Waals surface area contributed by atoms with Crippen LogP contribution < -0.4 is 0 Å². The van der Waals surface area contributed by atoms with Gasteiger partial charge in [-0.3, -0.25) is 9.59 Å². The molecule has 0 spiro atoms. The van der Waals surface area contributed by atoms with Crippen molar-refractivity contribution in [2.75, 3.05) is 7.11 Å². The van der Waals surface area contributed by atoms with Crippen molar-refractivity contribution in [2.45, 2.75) is 123 Å². The summed E-state index contributed by atoms with van der Waals surface area (Å²) in [4.78, 5) is 59.3. The van der Waals surface area contributed by atoms with Gasteiger partial charge in [0, 0.05) is 31.1 Å². The summed E-state index contributed by atoms with van der Waals surface area (Å²) in [7, 11) is 1.28. The molecular formula is C34H52O12. The van der Waals surface area contributed by atoms with Gasteiger partial charge >= 0.3 is 23.9 Å². The zero-order valence-corrected chi connectivity index (χ0v) is 28.1. The van der Waals surface area contributed by atoms with E-state index < -0.39 is 66.7 Å². The molecular weight excluding hydrogens is 600 g/mol. The van der Waals surface area contributed by atoms with Gasteiger partial charge in [0.2, 0.25) is 0 Å². The molecule has 1 aliphatic heterocycles. The number of hydrogen-bond acceptors (Lipinski definition) is 11. The first kappa shape index (κ1) is 40.8. The number of methoxy groups -OCH3 is 1. The first-order valence-electron chi connectivity index (χ1n) is 15.9. The van der Waals surface area contributed by atoms with E-state index in [-0.39, 0.29) is 23.4 Å². The van der Waals surface area contributed by atoms with Gasteiger partial charge in [-0.15, -0.1) is 0 Å². The molecule has 0 aromatic heterocycles. The molecule has 1 rings (SSSR count). The van der Waals surface area contributed by atoms with Crippen LogP contribution in [-0.2, 0) is 38.2 Å². The van der Waals surface area contributed by atoms with Gasteiger partial charge in [0.05, 0.1) is 30.3 Å². The largest absolute Gasteiger partial charge is 0.478 e. The minimum Gasteiger partial charge on any atom is -0.478 e. The summed E-state index contributed by atoms with van der Waals surface area (Å²) in [6, 6.07) is 0. The minimum atomic E-state index is -1.62. The van der Waals surface area contributed by atoms with E-state index in [0.717, 1.165) is 37.3 Å². The van der Waals surface area contributed by atoms with Crippen LogP contribution in [-0.4, -0.2) is 87.7 Å². The van der Waals surface area contributed by atoms with E-state index in [4.69, 9.17) is 14.6 Å². The van der Waals surface area contributed by atoms with E-state index in [0.29, 0.717) is 24.7 Å². The molecule has 0 amide bonds. The Bertz CT molecular complexity index is 1150. The summed E-state index contributed by atoms with van der Waals surface area (Å²) < 4.78 is 15.0. The topological polar surface area (TPSA) is 194 Å². The lowest BCUT2D eigenvalue weighted by Gasteiger charge is -2.28. The Morgan fingerprint density at radius 3 is 2.07 bits per heavy atom. The standard InChI is InChI=1S/C34H52O12/c1-8-24(13-15-29(39)40)11-9-10-19(2)16-20(3)12-14-25(35)21(4)26(36)17-28(38)32(44-7)23(6)45-30(41)18-27(37)31-22(5)33(42)46-34(31)43/h11,13,15,19-21,23,25,27-28,32,35,37-38H,8-10,12,14,16-18H2,1-7H3,(H,39,40)/t19-,20-,21-,23+,25-,27+,28+,32+/m0/s1. The first-order valence-corrected chi connectivity index (χ1v) is 15.9. The zero-order valence-electron chi connectivity index (χ0n) is 28.1. The Balaban J connectivity index is 2.54. The Morgan fingerprint density at radius 2 is 1.52 bits per heavy atom. The fourth-order valence-electron chi connectivity index (χ4n) is 5.52. The maximum absolute atomic E-state index is 12.9. The predicted molar refractivity (Wildman–Crippen MR) is 168 cm³/mol. The van der Waals surface area contributed by atoms with Gasteiger partial charge in [-0.05, 0) is 64.2 Å². The second-order valence-electron chi connectivity index (χ2n) is 12.3. The second-order valence-corrected chi connectivity index (χ2v) is 12.3. The number of ether oxygens (including phenoxy) is 3. The van der Waals surface area contributed by atoms with Crippen molar-refractivity contribution < 1.29 is 58.6 Å². The molecule has 0 unspecified atom stereocenters. The lowest BCUT2D eigenvalue weighted by atomic mass is 9.86. The Hall–Kier alpha value is -3.19. The van der Waals surface area contributed by atoms with Crippen molar-refractivity contribution in [3.05, 3.63) is 34.9 Å². The van der Waals surface area contributed by atoms with Gasteiger partial charge in [0.25, 0.3) is 0 Å². The highest BCUT2D eigenvalue weighted by molar-refractivity contribution is 6.12. The van der Waals surface area contributed by atoms with Crippen LogP contribution in [0.2, 0.25) is 0 Å². The molecule has 46 heavy (non-hydrogen) atoms. The van der Waals surface area contributed by atoms with E-state index in [1.807, 2.05) is 6.92 Å². The van der Waals surface area contributed by atoms with Gasteiger partial charge in [-0.2, -0.15) is 0 Å². The highest BCUT2D eigenvalue weighted by Crippen LogP contribution is 2.25. The average Bonchev–Trinajstić information content (AvgIpc) is 3.23. The molecule has 0 radical (unpaired) electrons. The van der Waals surface area contributed by atoms with Crippen LogP contribution in [0.15, 0.2) is 34.9 Å². The molecule has 12 heteroatoms. The summed E-state index contributed by atoms with van der Waals surface area (Å²) >= 11 is 0. The smallest absolute Gasteiger partial charge is 0.345 e. The summed E-state index contributed by atoms with van der Waals surface area (Å²) in [5.41, 5.74) is 0.572. The highest BCUT2D eigenvalue weighted by atomic mass is 16.6. The summed E-state index contributed by atoms with van der Waals surface area (Å²) in [6.07, 6.45) is 2.46. The molecule has 4 N–H and O–H groups in total. The number of carboxylic acids is 1. The zero-order chi connectivity index (χ0) is 35.1. The Labute approximate surface area is 271 Å². The van der Waals surface area contributed by atoms with E-state index >= 15 is 0 Å². The van der Waals surface area contributed by atoms with E-state index in [1.54, 1.807) is 13.0 Å². The molecule has 0 bridgehead atoms. The van der Waals surface area contributed by atoms with Gasteiger partial charge in [-0.1, -0.05) is 45.4 Å². The van der Waals surface area contributed by atoms with Crippen LogP contribution in [0.3, 0.4) is 0 Å². The van der Waals surface area contributed by atoms with Gasteiger partial charge in [0.15, 0.2) is 0 Å². The van der Waals surface area contributed by atoms with Crippen molar-refractivity contribution in [3.8, 4) is 0 Å². The van der Waals surface area contributed by atoms with Crippen molar-refractivity contribution in [2.24, 2.45) is 17.8 Å². The van der Waals surface area contributed by atoms with Gasteiger partial charge in [-0.25, -0.2) is 14.4 Å². The number of esters is 3. The van der Waals surface area contributed by atoms with Crippen LogP contribution in [0.4, 0.5) is 0 Å². The number of hydrogen-bond donors (Lipinski definition) is 4. The predicted octanol–water partition coefficient (Wildman–Crippen LogP) is 3.60. The molecule has 0 fully saturated rings. The quantitative estimate of drug-likeness (QED) is 0.0575. The lowest BCUT2D eigenvalue weighted by molar-refractivity contribution is -0.162. The highest BCUT2D eigenvalue weighted by Gasteiger charge is 2.37. The van der Waals surface area contributed by atoms with Crippen molar-refractivity contribution in [1.82, 2.24) is 0 Å². The van der Waals surface area contributed by atoms with E-state index in [1.165, 1.54) is 21.0 Å². The number of allylic oxidation sites excluding steroid dienone is 3. The molecule has 0 aliphatic carbocycles. The number of cyclic esters (lactones) is 2. The molecule has 12 nitrogen and oxygen atoms in total. The fraction of sp³-hybridized carbons (Fsp3) is 0.676. The minimum absolute atomic E-state index is 0.0955. The third-order valence-electron chi connectivity index (χ3n) is 8.41. The number of carboxylic acid groups (broad SMARTS) is 1. The number of aliphatic carboxylic acids is 1. The molecule has 8 atom stereocenters. The third-order valence-corrected chi connectivity index (χ3v) is 8.41. The average molecular weight is 653 g/mol. The summed E-state index contributed by atoms with van der Waals surface area (Å²) in [5, 5.41) is 40.5. The van der Waals surface area contributed by atoms with Crippen LogP contribution in [0.25, 0.3) is 0 Å². The Morgan fingerprint density at radius 1 is 0.891 bits per heavy atom. The number of carbonyl (C=O) groups is 5. The molecule has 0 aromatic carbocycles. The number of carbonyl (C=O) groups excluding carboxylic acids is 4. The number of ketones is 1. The van der Waals surface area contributed by atoms with E-state index in [9.17, 15) is 39.3 Å². The fourth-order valence-corrected chi connectivity index (χ4v) is 5.52. The van der Waals surface area contributed by atoms with Gasteiger partial charge < -0.3 is 34.6 Å². The molecule has 0 aromatic rings. The molecule has 0 saturated carbocycles. The first-order chi connectivity index (χ1) is 21.5. The summed E-state index contributed by atoms with van der Waals surface area (Å²) in [5.74, 6) is -4.20. The second kappa shape index (κ2) is 20.1. The number of aliphatic hydroxyl groups excluding tert-OH is 3. The van der Waals surface area contributed by atoms with Crippen molar-refractivity contribution in [1.29, 1.82) is 0 Å². The number of Topliss-reactive ketones (excluding diaryl/α,β-unsaturated/α-hetero) is 1. The van der Waals surface area contributed by atoms with Crippen LogP contribution in [0, 0.1) is 17.8 Å². The SMILES string of the molecule is CCC(C=CC(=O)O)=CCC[C@H](C)C[C@@H](C)CC[C@H](O)[C@H](C)C(=O)C[C@@H](O)[C@H](OC)[C@@H](C)OC(=O)C[C@@H](O)C1=C(C)C(=O)OC1=O. The van der Waals surface area contributed by atoms with Crippen LogP contribution >= 0.6 is 0 Å². The Kier molecular flexibility index (Phi) is 17.9. The molecule has 1 heterocycles. The summed E-state index contributed by atoms with van der Waals surface area (Å²) in [6.45, 7) is 10.6. The molecule has 1 aliphatic rings. The van der Waals surface area contributed by atoms with Crippen molar-refractivity contribution in [3.63, 3.8) is 0 Å². The number of rotatable bonds is 22. The van der Waals surface area contributed by atoms with Crippen LogP contribution in [0.5, 0.6) is 0 Å². The normalized spacial score (nSPS) is 19.3. The van der Waals surface area contributed by atoms with Crippen molar-refractivity contribution >= 4 is 29.7 Å². The van der Waals surface area contributed by atoms with E-state index in [2.05, 4.69) is 24.7 Å².